The third-order valence-electron chi connectivity index (χ3n) is 2.89. The molecule has 2 rings (SSSR count). The molecule has 0 bridgehead atoms. The average molecular weight is 382 g/mol. The highest BCUT2D eigenvalue weighted by atomic mass is 16.5. The SMILES string of the molecule is CCOC(=O)/C(C#N)=C/c1ccco1.CCOC(=O)/C(C#N)=C/c1ccco1. The molecule has 0 unspecified atom stereocenters. The van der Waals surface area contributed by atoms with E-state index in [1.54, 1.807) is 50.3 Å². The van der Waals surface area contributed by atoms with Crippen molar-refractivity contribution in [1.82, 2.24) is 0 Å². The molecule has 0 fully saturated rings. The van der Waals surface area contributed by atoms with Gasteiger partial charge < -0.3 is 18.3 Å². The molecule has 28 heavy (non-hydrogen) atoms. The first-order chi connectivity index (χ1) is 13.5. The maximum atomic E-state index is 11.1. The third-order valence-corrected chi connectivity index (χ3v) is 2.89. The average Bonchev–Trinajstić information content (AvgIpc) is 3.39. The van der Waals surface area contributed by atoms with E-state index in [0.29, 0.717) is 11.5 Å². The van der Waals surface area contributed by atoms with Gasteiger partial charge in [-0.15, -0.1) is 0 Å². The molecule has 0 saturated carbocycles. The van der Waals surface area contributed by atoms with E-state index >= 15 is 0 Å². The largest absolute Gasteiger partial charge is 0.465 e. The summed E-state index contributed by atoms with van der Waals surface area (Å²) in [5.41, 5.74) is -0.136. The molecule has 2 aromatic rings. The molecule has 144 valence electrons. The monoisotopic (exact) mass is 382 g/mol. The van der Waals surface area contributed by atoms with E-state index in [9.17, 15) is 9.59 Å². The summed E-state index contributed by atoms with van der Waals surface area (Å²) in [6, 6.07) is 10.1. The second-order valence-corrected chi connectivity index (χ2v) is 4.81. The van der Waals surface area contributed by atoms with Crippen molar-refractivity contribution in [2.45, 2.75) is 13.8 Å². The summed E-state index contributed by atoms with van der Waals surface area (Å²) in [6.45, 7) is 3.85. The van der Waals surface area contributed by atoms with Crippen LogP contribution in [0, 0.1) is 22.7 Å². The number of nitriles is 2. The molecule has 0 aliphatic rings. The summed E-state index contributed by atoms with van der Waals surface area (Å²) in [5.74, 6) is -0.359. The van der Waals surface area contributed by atoms with Gasteiger partial charge in [0.15, 0.2) is 0 Å². The predicted molar refractivity (Wildman–Crippen MR) is 97.9 cm³/mol. The number of nitrogens with zero attached hydrogens (tertiary/aromatic N) is 2. The van der Waals surface area contributed by atoms with Crippen molar-refractivity contribution in [3.8, 4) is 12.1 Å². The number of carbonyl (C=O) groups is 2. The highest BCUT2D eigenvalue weighted by Crippen LogP contribution is 2.09. The van der Waals surface area contributed by atoms with E-state index in [2.05, 4.69) is 9.47 Å². The van der Waals surface area contributed by atoms with Crippen LogP contribution in [0.2, 0.25) is 0 Å². The van der Waals surface area contributed by atoms with E-state index < -0.39 is 11.9 Å². The smallest absolute Gasteiger partial charge is 0.349 e. The van der Waals surface area contributed by atoms with Gasteiger partial charge in [-0.1, -0.05) is 0 Å². The Kier molecular flexibility index (Phi) is 9.69. The number of furan rings is 2. The minimum Gasteiger partial charge on any atom is -0.465 e. The highest BCUT2D eigenvalue weighted by molar-refractivity contribution is 5.98. The molecule has 0 saturated heterocycles. The molecular formula is C20H18N2O6. The standard InChI is InChI=1S/2C10H9NO3/c2*1-2-13-10(12)8(7-11)6-9-4-3-5-14-9/h2*3-6H,2H2,1H3/b2*8-6+. The van der Waals surface area contributed by atoms with Gasteiger partial charge in [0.2, 0.25) is 0 Å². The summed E-state index contributed by atoms with van der Waals surface area (Å²) in [4.78, 5) is 22.3. The summed E-state index contributed by atoms with van der Waals surface area (Å²) in [7, 11) is 0. The Morgan fingerprint density at radius 2 is 1.29 bits per heavy atom. The van der Waals surface area contributed by atoms with Crippen LogP contribution in [-0.4, -0.2) is 25.2 Å². The van der Waals surface area contributed by atoms with Gasteiger partial charge in [0.25, 0.3) is 0 Å². The zero-order valence-corrected chi connectivity index (χ0v) is 15.4. The first kappa shape index (κ1) is 22.0. The van der Waals surface area contributed by atoms with Gasteiger partial charge in [-0.25, -0.2) is 9.59 Å². The lowest BCUT2D eigenvalue weighted by Crippen LogP contribution is -2.05. The maximum Gasteiger partial charge on any atom is 0.349 e. The first-order valence-corrected chi connectivity index (χ1v) is 8.20. The van der Waals surface area contributed by atoms with Crippen molar-refractivity contribution in [2.24, 2.45) is 0 Å². The zero-order chi connectivity index (χ0) is 20.8. The Balaban J connectivity index is 0.000000280. The van der Waals surface area contributed by atoms with Gasteiger partial charge in [-0.05, 0) is 38.1 Å². The van der Waals surface area contributed by atoms with Gasteiger partial charge >= 0.3 is 11.9 Å². The molecule has 8 heteroatoms. The molecule has 2 aromatic heterocycles. The van der Waals surface area contributed by atoms with Crippen molar-refractivity contribution in [3.63, 3.8) is 0 Å². The molecule has 0 radical (unpaired) electrons. The number of esters is 2. The fourth-order valence-corrected chi connectivity index (χ4v) is 1.72. The number of ether oxygens (including phenoxy) is 2. The van der Waals surface area contributed by atoms with Crippen molar-refractivity contribution in [1.29, 1.82) is 10.5 Å². The Hall–Kier alpha value is -4.04. The van der Waals surface area contributed by atoms with Crippen LogP contribution in [-0.2, 0) is 19.1 Å². The Labute approximate surface area is 161 Å². The second kappa shape index (κ2) is 12.3. The molecule has 0 aromatic carbocycles. The van der Waals surface area contributed by atoms with E-state index in [0.717, 1.165) is 0 Å². The van der Waals surface area contributed by atoms with Gasteiger partial charge in [-0.2, -0.15) is 10.5 Å². The molecule has 8 nitrogen and oxygen atoms in total. The summed E-state index contributed by atoms with van der Waals surface area (Å²) >= 11 is 0. The molecular weight excluding hydrogens is 364 g/mol. The Morgan fingerprint density at radius 1 is 0.893 bits per heavy atom. The minimum atomic E-state index is -0.633. The van der Waals surface area contributed by atoms with Gasteiger partial charge in [0.1, 0.15) is 34.8 Å². The van der Waals surface area contributed by atoms with Crippen molar-refractivity contribution >= 4 is 24.1 Å². The molecule has 0 spiro atoms. The first-order valence-electron chi connectivity index (χ1n) is 8.20. The zero-order valence-electron chi connectivity index (χ0n) is 15.4. The fourth-order valence-electron chi connectivity index (χ4n) is 1.72. The van der Waals surface area contributed by atoms with Gasteiger partial charge in [-0.3, -0.25) is 0 Å². The number of rotatable bonds is 6. The molecule has 0 atom stereocenters. The Morgan fingerprint density at radius 3 is 1.54 bits per heavy atom. The highest BCUT2D eigenvalue weighted by Gasteiger charge is 2.10. The van der Waals surface area contributed by atoms with Crippen LogP contribution in [0.15, 0.2) is 56.8 Å². The number of carbonyl (C=O) groups excluding carboxylic acids is 2. The molecule has 2 heterocycles. The van der Waals surface area contributed by atoms with E-state index in [1.807, 2.05) is 0 Å². The fraction of sp³-hybridized carbons (Fsp3) is 0.200. The third kappa shape index (κ3) is 7.46. The topological polar surface area (TPSA) is 126 Å². The molecule has 0 aliphatic heterocycles. The summed E-state index contributed by atoms with van der Waals surface area (Å²) in [5, 5.41) is 17.3. The van der Waals surface area contributed by atoms with Crippen LogP contribution in [0.4, 0.5) is 0 Å². The quantitative estimate of drug-likeness (QED) is 0.422. The van der Waals surface area contributed by atoms with Gasteiger partial charge in [0, 0.05) is 12.2 Å². The minimum absolute atomic E-state index is 0.0678. The van der Waals surface area contributed by atoms with E-state index in [1.165, 1.54) is 24.7 Å². The van der Waals surface area contributed by atoms with Crippen LogP contribution in [0.1, 0.15) is 25.4 Å². The van der Waals surface area contributed by atoms with Crippen LogP contribution >= 0.6 is 0 Å². The normalized spacial score (nSPS) is 10.7. The van der Waals surface area contributed by atoms with Crippen molar-refractivity contribution in [3.05, 3.63) is 59.5 Å². The number of hydrogen-bond acceptors (Lipinski definition) is 8. The summed E-state index contributed by atoms with van der Waals surface area (Å²) in [6.07, 6.45) is 5.62. The van der Waals surface area contributed by atoms with Crippen molar-refractivity contribution in [2.75, 3.05) is 13.2 Å². The van der Waals surface area contributed by atoms with E-state index in [4.69, 9.17) is 19.4 Å². The van der Waals surface area contributed by atoms with Crippen LogP contribution in [0.25, 0.3) is 12.2 Å². The van der Waals surface area contributed by atoms with Crippen LogP contribution in [0.3, 0.4) is 0 Å². The molecule has 0 amide bonds. The predicted octanol–water partition coefficient (Wildman–Crippen LogP) is 3.50. The number of hydrogen-bond donors (Lipinski definition) is 0. The lowest BCUT2D eigenvalue weighted by Gasteiger charge is -1.97. The molecule has 0 N–H and O–H groups in total. The van der Waals surface area contributed by atoms with Crippen molar-refractivity contribution < 1.29 is 27.9 Å². The lowest BCUT2D eigenvalue weighted by molar-refractivity contribution is -0.138. The Bertz CT molecular complexity index is 817. The summed E-state index contributed by atoms with van der Waals surface area (Å²) < 4.78 is 19.3. The lowest BCUT2D eigenvalue weighted by atomic mass is 10.2. The maximum absolute atomic E-state index is 11.1. The molecule has 0 aliphatic carbocycles. The van der Waals surface area contributed by atoms with E-state index in [-0.39, 0.29) is 24.4 Å². The van der Waals surface area contributed by atoms with Crippen LogP contribution < -0.4 is 0 Å². The van der Waals surface area contributed by atoms with Crippen LogP contribution in [0.5, 0.6) is 0 Å². The van der Waals surface area contributed by atoms with Gasteiger partial charge in [0.05, 0.1) is 25.7 Å². The second-order valence-electron chi connectivity index (χ2n) is 4.81.